The minimum absolute atomic E-state index is 0.0186. The first-order chi connectivity index (χ1) is 21.5. The maximum atomic E-state index is 13.4. The van der Waals surface area contributed by atoms with Crippen LogP contribution in [-0.4, -0.2) is 88.7 Å². The van der Waals surface area contributed by atoms with Crippen molar-refractivity contribution in [3.8, 4) is 5.75 Å². The second kappa shape index (κ2) is 15.5. The molecule has 0 radical (unpaired) electrons. The zero-order valence-electron chi connectivity index (χ0n) is 25.9. The molecule has 2 heterocycles. The average molecular weight is 629 g/mol. The molecule has 0 aliphatic carbocycles. The van der Waals surface area contributed by atoms with Gasteiger partial charge in [0.2, 0.25) is 12.2 Å². The molecule has 0 spiro atoms. The molecule has 0 saturated carbocycles. The number of hydrogen-bond acceptors (Lipinski definition) is 10. The van der Waals surface area contributed by atoms with Gasteiger partial charge in [0.05, 0.1) is 19.1 Å². The molecule has 6 atom stereocenters. The first-order valence-corrected chi connectivity index (χ1v) is 15.5. The molecular weight excluding hydrogens is 584 g/mol. The Morgan fingerprint density at radius 2 is 1.71 bits per heavy atom. The number of anilines is 1. The Morgan fingerprint density at radius 3 is 2.38 bits per heavy atom. The minimum atomic E-state index is -1.92. The maximum Gasteiger partial charge on any atom is 0.344 e. The molecule has 5 N–H and O–H groups in total. The van der Waals surface area contributed by atoms with E-state index in [1.165, 1.54) is 12.5 Å². The molecule has 45 heavy (non-hydrogen) atoms. The lowest BCUT2D eigenvalue weighted by atomic mass is 9.94. The predicted molar refractivity (Wildman–Crippen MR) is 164 cm³/mol. The molecule has 12 heteroatoms. The number of nitrogens with one attached hydrogen (secondary N) is 1. The largest absolute Gasteiger partial charge is 0.493 e. The van der Waals surface area contributed by atoms with Crippen LogP contribution in [-0.2, 0) is 25.5 Å². The van der Waals surface area contributed by atoms with E-state index in [2.05, 4.69) is 36.2 Å². The van der Waals surface area contributed by atoms with Gasteiger partial charge in [-0.3, -0.25) is 4.79 Å². The minimum Gasteiger partial charge on any atom is -0.493 e. The van der Waals surface area contributed by atoms with Crippen molar-refractivity contribution in [3.05, 3.63) is 59.2 Å². The van der Waals surface area contributed by atoms with Crippen molar-refractivity contribution in [3.63, 3.8) is 0 Å². The van der Waals surface area contributed by atoms with E-state index in [1.54, 1.807) is 19.1 Å². The van der Waals surface area contributed by atoms with E-state index >= 15 is 0 Å². The van der Waals surface area contributed by atoms with E-state index in [0.717, 1.165) is 43.6 Å². The smallest absolute Gasteiger partial charge is 0.344 e. The van der Waals surface area contributed by atoms with Gasteiger partial charge in [-0.1, -0.05) is 38.1 Å². The number of amides is 1. The van der Waals surface area contributed by atoms with Crippen LogP contribution in [0.2, 0.25) is 0 Å². The number of carbonyl (C=O) groups excluding carboxylic acids is 2. The monoisotopic (exact) mass is 628 g/mol. The van der Waals surface area contributed by atoms with Gasteiger partial charge in [0.1, 0.15) is 29.6 Å². The number of carboxylic acids is 1. The van der Waals surface area contributed by atoms with E-state index < -0.39 is 42.6 Å². The first-order valence-electron chi connectivity index (χ1n) is 15.5. The number of aliphatic hydroxyl groups excluding tert-OH is 3. The molecule has 2 aromatic carbocycles. The van der Waals surface area contributed by atoms with Gasteiger partial charge in [0.15, 0.2) is 6.10 Å². The summed E-state index contributed by atoms with van der Waals surface area (Å²) >= 11 is 0. The van der Waals surface area contributed by atoms with E-state index in [9.17, 15) is 34.8 Å². The third-order valence-corrected chi connectivity index (χ3v) is 8.02. The van der Waals surface area contributed by atoms with Crippen molar-refractivity contribution in [2.75, 3.05) is 24.6 Å². The van der Waals surface area contributed by atoms with E-state index in [4.69, 9.17) is 14.2 Å². The fourth-order valence-corrected chi connectivity index (χ4v) is 5.81. The third kappa shape index (κ3) is 8.51. The Morgan fingerprint density at radius 1 is 1.00 bits per heavy atom. The van der Waals surface area contributed by atoms with Crippen molar-refractivity contribution < 1.29 is 49.0 Å². The third-order valence-electron chi connectivity index (χ3n) is 8.02. The molecule has 5 unspecified atom stereocenters. The lowest BCUT2D eigenvalue weighted by molar-refractivity contribution is -0.278. The number of benzene rings is 2. The molecule has 2 saturated heterocycles. The van der Waals surface area contributed by atoms with Crippen LogP contribution in [0.3, 0.4) is 0 Å². The molecule has 246 valence electrons. The zero-order valence-corrected chi connectivity index (χ0v) is 25.9. The summed E-state index contributed by atoms with van der Waals surface area (Å²) in [6.45, 7) is 8.13. The number of aliphatic hydroxyl groups is 3. The van der Waals surface area contributed by atoms with Crippen molar-refractivity contribution in [1.29, 1.82) is 0 Å². The summed E-state index contributed by atoms with van der Waals surface area (Å²) in [5, 5.41) is 42.7. The van der Waals surface area contributed by atoms with E-state index in [1.807, 2.05) is 12.1 Å². The van der Waals surface area contributed by atoms with Gasteiger partial charge in [-0.15, -0.1) is 0 Å². The van der Waals surface area contributed by atoms with Gasteiger partial charge in [-0.05, 0) is 67.9 Å². The molecule has 2 aliphatic heterocycles. The maximum absolute atomic E-state index is 13.4. The van der Waals surface area contributed by atoms with Crippen molar-refractivity contribution >= 4 is 23.5 Å². The zero-order chi connectivity index (χ0) is 32.7. The topological polar surface area (TPSA) is 175 Å². The van der Waals surface area contributed by atoms with Crippen LogP contribution in [0, 0.1) is 5.92 Å². The van der Waals surface area contributed by atoms with Gasteiger partial charge in [-0.25, -0.2) is 9.59 Å². The predicted octanol–water partition coefficient (Wildman–Crippen LogP) is 2.57. The molecule has 0 bridgehead atoms. The molecule has 1 amide bonds. The van der Waals surface area contributed by atoms with E-state index in [0.29, 0.717) is 11.5 Å². The lowest BCUT2D eigenvalue weighted by Crippen LogP contribution is -2.60. The Hall–Kier alpha value is -3.71. The van der Waals surface area contributed by atoms with Crippen molar-refractivity contribution in [2.45, 2.75) is 89.6 Å². The Bertz CT molecular complexity index is 1330. The van der Waals surface area contributed by atoms with E-state index in [-0.39, 0.29) is 36.3 Å². The molecule has 2 fully saturated rings. The van der Waals surface area contributed by atoms with Crippen molar-refractivity contribution in [2.24, 2.45) is 5.92 Å². The Labute approximate surface area is 262 Å². The number of rotatable bonds is 12. The molecule has 0 aromatic heterocycles. The summed E-state index contributed by atoms with van der Waals surface area (Å²) in [5.41, 5.74) is 2.76. The summed E-state index contributed by atoms with van der Waals surface area (Å²) in [4.78, 5) is 40.2. The van der Waals surface area contributed by atoms with Crippen LogP contribution in [0.25, 0.3) is 0 Å². The SMILES string of the molecule is CCOc1cc(CC(=O)N[C@H](CC(C)C)c2ccccc2N2CCCCC2)ccc1C(=O)OC1OC(C(=O)O)C(O)C(O)C1O. The average Bonchev–Trinajstić information content (AvgIpc) is 3.01. The molecule has 4 rings (SSSR count). The van der Waals surface area contributed by atoms with Gasteiger partial charge >= 0.3 is 11.9 Å². The van der Waals surface area contributed by atoms with Gasteiger partial charge in [-0.2, -0.15) is 0 Å². The molecular formula is C33H44N2O10. The normalized spacial score (nSPS) is 24.2. The number of ether oxygens (including phenoxy) is 3. The summed E-state index contributed by atoms with van der Waals surface area (Å²) in [7, 11) is 0. The number of hydrogen-bond donors (Lipinski definition) is 5. The van der Waals surface area contributed by atoms with Crippen molar-refractivity contribution in [1.82, 2.24) is 5.32 Å². The first kappa shape index (κ1) is 34.2. The summed E-state index contributed by atoms with van der Waals surface area (Å²) in [6.07, 6.45) is -5.22. The van der Waals surface area contributed by atoms with Crippen LogP contribution in [0.15, 0.2) is 42.5 Å². The van der Waals surface area contributed by atoms with Crippen LogP contribution in [0.1, 0.15) is 74.0 Å². The second-order valence-corrected chi connectivity index (χ2v) is 11.9. The number of para-hydroxylation sites is 1. The lowest BCUT2D eigenvalue weighted by Gasteiger charge is -2.37. The molecule has 2 aliphatic rings. The number of carbonyl (C=O) groups is 3. The number of esters is 1. The second-order valence-electron chi connectivity index (χ2n) is 11.9. The quantitative estimate of drug-likeness (QED) is 0.219. The van der Waals surface area contributed by atoms with Crippen LogP contribution >= 0.6 is 0 Å². The fourth-order valence-electron chi connectivity index (χ4n) is 5.81. The standard InChI is InChI=1S/C33H44N2O10/c1-4-43-25-17-20(12-13-22(25)32(42)45-33-29(39)27(37)28(38)30(44-33)31(40)41)18-26(36)34-23(16-19(2)3)21-10-6-7-11-24(21)35-14-8-5-9-15-35/h6-7,10-13,17,19,23,27-30,33,37-39H,4-5,8-9,14-16,18H2,1-3H3,(H,34,36)(H,40,41)/t23-,27?,28?,29?,30?,33?/m1/s1. The number of piperidine rings is 1. The number of nitrogens with zero attached hydrogens (tertiary/aromatic N) is 1. The van der Waals surface area contributed by atoms with Gasteiger partial charge < -0.3 is 44.9 Å². The molecule has 2 aromatic rings. The highest BCUT2D eigenvalue weighted by molar-refractivity contribution is 5.93. The number of aliphatic carboxylic acids is 1. The Kier molecular flexibility index (Phi) is 11.8. The highest BCUT2D eigenvalue weighted by Crippen LogP contribution is 2.32. The highest BCUT2D eigenvalue weighted by atomic mass is 16.7. The number of carboxylic acid groups (broad SMARTS) is 1. The summed E-state index contributed by atoms with van der Waals surface area (Å²) < 4.78 is 15.9. The Balaban J connectivity index is 1.49. The summed E-state index contributed by atoms with van der Waals surface area (Å²) in [6, 6.07) is 12.6. The molecule has 12 nitrogen and oxygen atoms in total. The highest BCUT2D eigenvalue weighted by Gasteiger charge is 2.48. The fraction of sp³-hybridized carbons (Fsp3) is 0.545. The van der Waals surface area contributed by atoms with Crippen LogP contribution in [0.5, 0.6) is 5.75 Å². The van der Waals surface area contributed by atoms with Crippen LogP contribution < -0.4 is 15.0 Å². The van der Waals surface area contributed by atoms with Gasteiger partial charge in [0, 0.05) is 18.8 Å². The van der Waals surface area contributed by atoms with Gasteiger partial charge in [0.25, 0.3) is 0 Å². The summed E-state index contributed by atoms with van der Waals surface area (Å²) in [5.74, 6) is -2.36. The van der Waals surface area contributed by atoms with Crippen LogP contribution in [0.4, 0.5) is 5.69 Å².